The van der Waals surface area contributed by atoms with E-state index in [0.29, 0.717) is 0 Å². The van der Waals surface area contributed by atoms with E-state index >= 15 is 0 Å². The van der Waals surface area contributed by atoms with Crippen molar-refractivity contribution < 1.29 is 0 Å². The zero-order chi connectivity index (χ0) is 33.5. The van der Waals surface area contributed by atoms with Gasteiger partial charge in [0.15, 0.2) is 0 Å². The quantitative estimate of drug-likeness (QED) is 0.186. The highest BCUT2D eigenvalue weighted by molar-refractivity contribution is 6.13. The van der Waals surface area contributed by atoms with E-state index in [1.165, 1.54) is 60.3 Å². The molecule has 4 heteroatoms. The minimum Gasteiger partial charge on any atom is -0.309 e. The van der Waals surface area contributed by atoms with Crippen LogP contribution in [0.2, 0.25) is 0 Å². The van der Waals surface area contributed by atoms with Gasteiger partial charge in [0.1, 0.15) is 5.65 Å². The fraction of sp³-hybridized carbons (Fsp3) is 0. The van der Waals surface area contributed by atoms with Gasteiger partial charge >= 0.3 is 0 Å². The maximum absolute atomic E-state index is 4.86. The third-order valence-electron chi connectivity index (χ3n) is 10.5. The highest BCUT2D eigenvalue weighted by Crippen LogP contribution is 2.39. The van der Waals surface area contributed by atoms with E-state index in [1.54, 1.807) is 0 Å². The monoisotopic (exact) mass is 650 g/mol. The molecule has 11 rings (SSSR count). The van der Waals surface area contributed by atoms with Crippen molar-refractivity contribution in [3.63, 3.8) is 0 Å². The maximum Gasteiger partial charge on any atom is 0.145 e. The van der Waals surface area contributed by atoms with E-state index < -0.39 is 0 Å². The van der Waals surface area contributed by atoms with Crippen LogP contribution < -0.4 is 0 Å². The number of rotatable bonds is 4. The highest BCUT2D eigenvalue weighted by Gasteiger charge is 2.18. The Morgan fingerprint density at radius 2 is 0.804 bits per heavy atom. The van der Waals surface area contributed by atoms with Gasteiger partial charge in [0.05, 0.1) is 27.6 Å². The van der Waals surface area contributed by atoms with E-state index in [1.807, 2.05) is 12.3 Å². The second-order valence-electron chi connectivity index (χ2n) is 13.3. The molecule has 4 nitrogen and oxygen atoms in total. The topological polar surface area (TPSA) is 27.7 Å². The molecule has 51 heavy (non-hydrogen) atoms. The summed E-state index contributed by atoms with van der Waals surface area (Å²) in [5.41, 5.74) is 12.7. The average Bonchev–Trinajstić information content (AvgIpc) is 3.83. The van der Waals surface area contributed by atoms with Gasteiger partial charge < -0.3 is 9.13 Å². The van der Waals surface area contributed by atoms with Gasteiger partial charge in [0.25, 0.3) is 0 Å². The van der Waals surface area contributed by atoms with Gasteiger partial charge in [-0.3, -0.25) is 4.57 Å². The molecule has 4 aromatic heterocycles. The van der Waals surface area contributed by atoms with Crippen LogP contribution in [0.4, 0.5) is 0 Å². The van der Waals surface area contributed by atoms with Crippen molar-refractivity contribution >= 4 is 65.5 Å². The molecule has 0 aliphatic heterocycles. The molecular weight excluding hydrogens is 621 g/mol. The van der Waals surface area contributed by atoms with Crippen LogP contribution in [0.1, 0.15) is 0 Å². The van der Waals surface area contributed by atoms with E-state index in [4.69, 9.17) is 4.98 Å². The molecule has 0 unspecified atom stereocenters. The van der Waals surface area contributed by atoms with E-state index in [0.717, 1.165) is 33.4 Å². The molecule has 0 fully saturated rings. The molecule has 0 bridgehead atoms. The molecule has 0 N–H and O–H groups in total. The molecule has 0 aliphatic carbocycles. The van der Waals surface area contributed by atoms with Crippen molar-refractivity contribution in [1.29, 1.82) is 0 Å². The lowest BCUT2D eigenvalue weighted by Crippen LogP contribution is -1.97. The summed E-state index contributed by atoms with van der Waals surface area (Å²) in [5, 5.41) is 7.32. The largest absolute Gasteiger partial charge is 0.309 e. The zero-order valence-corrected chi connectivity index (χ0v) is 27.6. The lowest BCUT2D eigenvalue weighted by atomic mass is 10.0. The Morgan fingerprint density at radius 3 is 1.55 bits per heavy atom. The summed E-state index contributed by atoms with van der Waals surface area (Å²) >= 11 is 0. The Morgan fingerprint density at radius 1 is 0.294 bits per heavy atom. The normalized spacial score (nSPS) is 11.9. The Kier molecular flexibility index (Phi) is 5.92. The van der Waals surface area contributed by atoms with Gasteiger partial charge in [-0.05, 0) is 90.0 Å². The number of pyridine rings is 1. The van der Waals surface area contributed by atoms with Crippen molar-refractivity contribution in [2.45, 2.75) is 0 Å². The van der Waals surface area contributed by atoms with Crippen molar-refractivity contribution in [2.24, 2.45) is 0 Å². The zero-order valence-electron chi connectivity index (χ0n) is 27.6. The number of para-hydroxylation sites is 4. The van der Waals surface area contributed by atoms with Crippen LogP contribution in [-0.2, 0) is 0 Å². The minimum absolute atomic E-state index is 0.965. The summed E-state index contributed by atoms with van der Waals surface area (Å²) in [7, 11) is 0. The van der Waals surface area contributed by atoms with Gasteiger partial charge in [-0.25, -0.2) is 4.98 Å². The Bertz CT molecular complexity index is 3070. The lowest BCUT2D eigenvalue weighted by Gasteiger charge is -2.11. The third kappa shape index (κ3) is 4.11. The molecule has 0 aliphatic rings. The number of hydrogen-bond donors (Lipinski definition) is 0. The lowest BCUT2D eigenvalue weighted by molar-refractivity contribution is 1.13. The summed E-state index contributed by atoms with van der Waals surface area (Å²) in [5.74, 6) is 0. The second kappa shape index (κ2) is 10.8. The first-order valence-electron chi connectivity index (χ1n) is 17.4. The number of fused-ring (bicyclic) bond motifs is 9. The van der Waals surface area contributed by atoms with Crippen molar-refractivity contribution in [2.75, 3.05) is 0 Å². The van der Waals surface area contributed by atoms with Gasteiger partial charge in [-0.2, -0.15) is 0 Å². The predicted octanol–water partition coefficient (Wildman–Crippen LogP) is 12.0. The van der Waals surface area contributed by atoms with Crippen LogP contribution in [0.3, 0.4) is 0 Å². The van der Waals surface area contributed by atoms with Crippen molar-refractivity contribution in [3.8, 4) is 28.2 Å². The van der Waals surface area contributed by atoms with Gasteiger partial charge in [0.2, 0.25) is 0 Å². The number of nitrogens with zero attached hydrogens (tertiary/aromatic N) is 4. The Labute approximate surface area is 293 Å². The van der Waals surface area contributed by atoms with Crippen molar-refractivity contribution in [1.82, 2.24) is 18.7 Å². The van der Waals surface area contributed by atoms with E-state index in [2.05, 4.69) is 184 Å². The van der Waals surface area contributed by atoms with Crippen LogP contribution >= 0.6 is 0 Å². The van der Waals surface area contributed by atoms with Gasteiger partial charge in [0, 0.05) is 55.6 Å². The molecular formula is C47H30N4. The SMILES string of the molecule is c1ccc(-n2c3ccccc3c3cc(-c4ccc5c6ccc(-n7c8ccccc8c8cccnc87)cc6n(-c6ccccc6)c5c4)ccc32)cc1. The molecule has 238 valence electrons. The van der Waals surface area contributed by atoms with Crippen LogP contribution in [0.25, 0.3) is 93.7 Å². The molecule has 0 radical (unpaired) electrons. The molecule has 0 saturated carbocycles. The Hall–Kier alpha value is -6.91. The minimum atomic E-state index is 0.965. The second-order valence-corrected chi connectivity index (χ2v) is 13.3. The Balaban J connectivity index is 1.15. The first-order valence-corrected chi connectivity index (χ1v) is 17.4. The van der Waals surface area contributed by atoms with E-state index in [9.17, 15) is 0 Å². The van der Waals surface area contributed by atoms with Gasteiger partial charge in [-0.15, -0.1) is 0 Å². The summed E-state index contributed by atoms with van der Waals surface area (Å²) in [6.07, 6.45) is 1.88. The molecule has 11 aromatic rings. The molecule has 0 spiro atoms. The standard InChI is InChI=1S/C47H30N4/c1-3-12-33(13-4-1)49-42-19-9-8-17-37(42)41-28-31(22-26-44(41)49)32-21-24-38-39-25-23-35(30-46(39)50(45(38)29-32)34-14-5-2-6-15-34)51-43-20-10-7-16-36(43)40-18-11-27-48-47(40)51/h1-30H. The summed E-state index contributed by atoms with van der Waals surface area (Å²) < 4.78 is 7.08. The van der Waals surface area contributed by atoms with Crippen LogP contribution in [0.5, 0.6) is 0 Å². The van der Waals surface area contributed by atoms with Crippen LogP contribution in [0.15, 0.2) is 182 Å². The predicted molar refractivity (Wildman–Crippen MR) is 213 cm³/mol. The summed E-state index contributed by atoms with van der Waals surface area (Å²) in [6, 6.07) is 63.5. The molecule has 4 heterocycles. The van der Waals surface area contributed by atoms with E-state index in [-0.39, 0.29) is 0 Å². The number of hydrogen-bond acceptors (Lipinski definition) is 1. The summed E-state index contributed by atoms with van der Waals surface area (Å²) in [6.45, 7) is 0. The van der Waals surface area contributed by atoms with Crippen molar-refractivity contribution in [3.05, 3.63) is 182 Å². The molecule has 7 aromatic carbocycles. The maximum atomic E-state index is 4.86. The van der Waals surface area contributed by atoms with Crippen LogP contribution in [-0.4, -0.2) is 18.7 Å². The fourth-order valence-corrected chi connectivity index (χ4v) is 8.25. The van der Waals surface area contributed by atoms with Gasteiger partial charge in [-0.1, -0.05) is 97.1 Å². The summed E-state index contributed by atoms with van der Waals surface area (Å²) in [4.78, 5) is 4.86. The highest BCUT2D eigenvalue weighted by atomic mass is 15.1. The number of aromatic nitrogens is 4. The smallest absolute Gasteiger partial charge is 0.145 e. The first-order chi connectivity index (χ1) is 25.3. The molecule has 0 saturated heterocycles. The molecule has 0 amide bonds. The third-order valence-corrected chi connectivity index (χ3v) is 10.5. The fourth-order valence-electron chi connectivity index (χ4n) is 8.25. The average molecular weight is 651 g/mol. The van der Waals surface area contributed by atoms with Crippen LogP contribution in [0, 0.1) is 0 Å². The first kappa shape index (κ1) is 28.0. The number of benzene rings is 7. The molecule has 0 atom stereocenters.